The van der Waals surface area contributed by atoms with E-state index >= 15 is 0 Å². The number of amides is 1. The Balaban J connectivity index is 0.00000105. The Labute approximate surface area is 152 Å². The number of esters is 1. The highest BCUT2D eigenvalue weighted by Crippen LogP contribution is 2.17. The summed E-state index contributed by atoms with van der Waals surface area (Å²) in [6.45, 7) is 5.53. The second-order valence-corrected chi connectivity index (χ2v) is 5.37. The van der Waals surface area contributed by atoms with Crippen LogP contribution in [-0.4, -0.2) is 73.2 Å². The van der Waals surface area contributed by atoms with Crippen molar-refractivity contribution < 1.29 is 24.2 Å². The molecule has 2 heterocycles. The molecule has 0 aromatic carbocycles. The number of rotatable bonds is 5. The zero-order chi connectivity index (χ0) is 19.4. The summed E-state index contributed by atoms with van der Waals surface area (Å²) in [5, 5.41) is 9.61. The SMILES string of the molecule is CCOC(=O)/C=C/C(=O)Nc1ccnc(N2CCN(C)CC2)c1.O=CO. The number of likely N-dealkylation sites (N-methyl/N-ethyl adjacent to an activating group) is 1. The van der Waals surface area contributed by atoms with Crippen LogP contribution in [-0.2, 0) is 19.1 Å². The third-order valence-electron chi connectivity index (χ3n) is 3.50. The molecule has 1 aliphatic rings. The summed E-state index contributed by atoms with van der Waals surface area (Å²) in [5.41, 5.74) is 0.646. The molecule has 0 saturated carbocycles. The van der Waals surface area contributed by atoms with Crippen LogP contribution in [0, 0.1) is 0 Å². The lowest BCUT2D eigenvalue weighted by Crippen LogP contribution is -2.44. The van der Waals surface area contributed by atoms with Crippen molar-refractivity contribution in [2.75, 3.05) is 50.1 Å². The first-order valence-corrected chi connectivity index (χ1v) is 8.13. The number of carboxylic acid groups (broad SMARTS) is 1. The van der Waals surface area contributed by atoms with Crippen LogP contribution in [0.2, 0.25) is 0 Å². The monoisotopic (exact) mass is 364 g/mol. The first-order chi connectivity index (χ1) is 12.5. The first kappa shape index (κ1) is 21.1. The van der Waals surface area contributed by atoms with E-state index in [-0.39, 0.29) is 19.0 Å². The number of nitrogens with zero attached hydrogens (tertiary/aromatic N) is 3. The lowest BCUT2D eigenvalue weighted by molar-refractivity contribution is -0.137. The molecule has 142 valence electrons. The van der Waals surface area contributed by atoms with Gasteiger partial charge >= 0.3 is 5.97 Å². The van der Waals surface area contributed by atoms with Gasteiger partial charge in [-0.1, -0.05) is 0 Å². The predicted octanol–water partition coefficient (Wildman–Crippen LogP) is 0.592. The van der Waals surface area contributed by atoms with Gasteiger partial charge in [-0.05, 0) is 20.0 Å². The minimum atomic E-state index is -0.532. The van der Waals surface area contributed by atoms with E-state index in [1.54, 1.807) is 19.2 Å². The fraction of sp³-hybridized carbons (Fsp3) is 0.412. The van der Waals surface area contributed by atoms with Gasteiger partial charge in [0.25, 0.3) is 6.47 Å². The van der Waals surface area contributed by atoms with Crippen molar-refractivity contribution in [1.29, 1.82) is 0 Å². The zero-order valence-electron chi connectivity index (χ0n) is 14.9. The molecule has 2 N–H and O–H groups in total. The molecule has 1 aliphatic heterocycles. The maximum atomic E-state index is 11.8. The number of nitrogens with one attached hydrogen (secondary N) is 1. The molecular formula is C17H24N4O5. The van der Waals surface area contributed by atoms with Crippen LogP contribution in [0.4, 0.5) is 11.5 Å². The summed E-state index contributed by atoms with van der Waals surface area (Å²) < 4.78 is 4.72. The van der Waals surface area contributed by atoms with E-state index in [4.69, 9.17) is 14.6 Å². The molecule has 26 heavy (non-hydrogen) atoms. The fourth-order valence-corrected chi connectivity index (χ4v) is 2.22. The molecule has 1 saturated heterocycles. The van der Waals surface area contributed by atoms with Crippen LogP contribution >= 0.6 is 0 Å². The van der Waals surface area contributed by atoms with Crippen molar-refractivity contribution in [1.82, 2.24) is 9.88 Å². The molecule has 9 heteroatoms. The highest BCUT2D eigenvalue weighted by atomic mass is 16.5. The standard InChI is InChI=1S/C16H22N4O3.CH2O2/c1-3-23-16(22)5-4-15(21)18-13-6-7-17-14(12-13)20-10-8-19(2)9-11-20;2-1-3/h4-7,12H,3,8-11H2,1-2H3,(H,17,18,21);1H,(H,2,3)/b5-4+;. The highest BCUT2D eigenvalue weighted by molar-refractivity contribution is 6.02. The van der Waals surface area contributed by atoms with Crippen molar-refractivity contribution in [3.8, 4) is 0 Å². The number of ether oxygens (including phenoxy) is 1. The Kier molecular flexibility index (Phi) is 9.40. The molecular weight excluding hydrogens is 340 g/mol. The molecule has 0 spiro atoms. The molecule has 1 aromatic rings. The Hall–Kier alpha value is -2.94. The number of carbonyl (C=O) groups excluding carboxylic acids is 2. The number of piperazine rings is 1. The lowest BCUT2D eigenvalue weighted by Gasteiger charge is -2.33. The summed E-state index contributed by atoms with van der Waals surface area (Å²) in [6, 6.07) is 3.55. The normalized spacial score (nSPS) is 14.3. The molecule has 0 atom stereocenters. The van der Waals surface area contributed by atoms with Crippen molar-refractivity contribution in [2.45, 2.75) is 6.92 Å². The second kappa shape index (κ2) is 11.6. The molecule has 0 radical (unpaired) electrons. The smallest absolute Gasteiger partial charge is 0.330 e. The Morgan fingerprint density at radius 2 is 1.96 bits per heavy atom. The number of carbonyl (C=O) groups is 3. The molecule has 1 fully saturated rings. The number of hydrogen-bond acceptors (Lipinski definition) is 7. The van der Waals surface area contributed by atoms with Gasteiger partial charge in [-0.2, -0.15) is 0 Å². The third kappa shape index (κ3) is 7.75. The first-order valence-electron chi connectivity index (χ1n) is 8.13. The molecule has 9 nitrogen and oxygen atoms in total. The molecule has 1 amide bonds. The number of hydrogen-bond donors (Lipinski definition) is 2. The topological polar surface area (TPSA) is 112 Å². The summed E-state index contributed by atoms with van der Waals surface area (Å²) in [7, 11) is 2.09. The summed E-state index contributed by atoms with van der Waals surface area (Å²) in [4.78, 5) is 40.2. The van der Waals surface area contributed by atoms with E-state index in [1.165, 1.54) is 0 Å². The minimum Gasteiger partial charge on any atom is -0.483 e. The second-order valence-electron chi connectivity index (χ2n) is 5.37. The largest absolute Gasteiger partial charge is 0.483 e. The average molecular weight is 364 g/mol. The van der Waals surface area contributed by atoms with E-state index in [1.807, 2.05) is 6.07 Å². The molecule has 2 rings (SSSR count). The van der Waals surface area contributed by atoms with E-state index in [0.717, 1.165) is 44.1 Å². The summed E-state index contributed by atoms with van der Waals surface area (Å²) in [5.74, 6) is -0.0747. The van der Waals surface area contributed by atoms with Gasteiger partial charge < -0.3 is 25.0 Å². The van der Waals surface area contributed by atoms with Gasteiger partial charge in [-0.25, -0.2) is 9.78 Å². The van der Waals surface area contributed by atoms with Gasteiger partial charge in [0.15, 0.2) is 0 Å². The molecule has 0 bridgehead atoms. The quantitative estimate of drug-likeness (QED) is 0.444. The maximum absolute atomic E-state index is 11.8. The molecule has 0 unspecified atom stereocenters. The Bertz CT molecular complexity index is 627. The Morgan fingerprint density at radius 3 is 2.58 bits per heavy atom. The van der Waals surface area contributed by atoms with Crippen molar-refractivity contribution >= 4 is 29.9 Å². The van der Waals surface area contributed by atoms with Gasteiger partial charge in [0, 0.05) is 56.3 Å². The van der Waals surface area contributed by atoms with Crippen molar-refractivity contribution in [3.63, 3.8) is 0 Å². The van der Waals surface area contributed by atoms with Crippen molar-refractivity contribution in [2.24, 2.45) is 0 Å². The van der Waals surface area contributed by atoms with Gasteiger partial charge in [0.2, 0.25) is 5.91 Å². The van der Waals surface area contributed by atoms with Gasteiger partial charge in [-0.3, -0.25) is 9.59 Å². The maximum Gasteiger partial charge on any atom is 0.330 e. The molecule has 1 aromatic heterocycles. The minimum absolute atomic E-state index is 0.250. The summed E-state index contributed by atoms with van der Waals surface area (Å²) in [6.07, 6.45) is 3.94. The average Bonchev–Trinajstić information content (AvgIpc) is 2.62. The van der Waals surface area contributed by atoms with Gasteiger partial charge in [0.05, 0.1) is 6.61 Å². The van der Waals surface area contributed by atoms with Crippen LogP contribution in [0.25, 0.3) is 0 Å². The van der Waals surface area contributed by atoms with E-state index in [0.29, 0.717) is 5.69 Å². The van der Waals surface area contributed by atoms with Gasteiger partial charge in [-0.15, -0.1) is 0 Å². The van der Waals surface area contributed by atoms with Crippen LogP contribution in [0.15, 0.2) is 30.5 Å². The van der Waals surface area contributed by atoms with Crippen LogP contribution in [0.5, 0.6) is 0 Å². The number of pyridine rings is 1. The Morgan fingerprint density at radius 1 is 1.31 bits per heavy atom. The van der Waals surface area contributed by atoms with Gasteiger partial charge in [0.1, 0.15) is 5.82 Å². The van der Waals surface area contributed by atoms with E-state index in [2.05, 4.69) is 27.1 Å². The predicted molar refractivity (Wildman–Crippen MR) is 97.0 cm³/mol. The summed E-state index contributed by atoms with van der Waals surface area (Å²) >= 11 is 0. The van der Waals surface area contributed by atoms with E-state index in [9.17, 15) is 9.59 Å². The number of anilines is 2. The van der Waals surface area contributed by atoms with Crippen molar-refractivity contribution in [3.05, 3.63) is 30.5 Å². The molecule has 0 aliphatic carbocycles. The lowest BCUT2D eigenvalue weighted by atomic mass is 10.3. The van der Waals surface area contributed by atoms with E-state index < -0.39 is 5.97 Å². The third-order valence-corrected chi connectivity index (χ3v) is 3.50. The van der Waals surface area contributed by atoms with Crippen LogP contribution in [0.3, 0.4) is 0 Å². The zero-order valence-corrected chi connectivity index (χ0v) is 14.9. The number of aromatic nitrogens is 1. The fourth-order valence-electron chi connectivity index (χ4n) is 2.22. The highest BCUT2D eigenvalue weighted by Gasteiger charge is 2.15. The van der Waals surface area contributed by atoms with Crippen LogP contribution in [0.1, 0.15) is 6.92 Å². The van der Waals surface area contributed by atoms with Crippen LogP contribution < -0.4 is 10.2 Å².